The monoisotopic (exact) mass is 451 g/mol. The Labute approximate surface area is 196 Å². The number of benzene rings is 1. The molecule has 0 aliphatic carbocycles. The number of rotatable bonds is 6. The molecule has 3 N–H and O–H groups in total. The first-order chi connectivity index (χ1) is 16.0. The number of fused-ring (bicyclic) bond motifs is 4. The molecular weight excluding hydrogens is 414 g/mol. The van der Waals surface area contributed by atoms with Gasteiger partial charge in [-0.1, -0.05) is 18.2 Å². The van der Waals surface area contributed by atoms with Gasteiger partial charge in [-0.05, 0) is 76.6 Å². The van der Waals surface area contributed by atoms with E-state index >= 15 is 0 Å². The van der Waals surface area contributed by atoms with Crippen LogP contribution in [0.15, 0.2) is 30.5 Å². The Hall–Kier alpha value is -2.38. The van der Waals surface area contributed by atoms with E-state index in [0.29, 0.717) is 12.0 Å². The molecule has 1 aromatic carbocycles. The van der Waals surface area contributed by atoms with Gasteiger partial charge < -0.3 is 25.4 Å². The van der Waals surface area contributed by atoms with Crippen LogP contribution in [0.3, 0.4) is 0 Å². The van der Waals surface area contributed by atoms with Gasteiger partial charge >= 0.3 is 0 Å². The van der Waals surface area contributed by atoms with Crippen molar-refractivity contribution < 1.29 is 9.59 Å². The normalized spacial score (nSPS) is 28.9. The van der Waals surface area contributed by atoms with E-state index in [2.05, 4.69) is 55.9 Å². The van der Waals surface area contributed by atoms with Crippen LogP contribution in [0.4, 0.5) is 0 Å². The quantitative estimate of drug-likeness (QED) is 0.630. The van der Waals surface area contributed by atoms with Crippen molar-refractivity contribution in [1.29, 1.82) is 0 Å². The number of carbonyl (C=O) groups excluding carboxylic acids is 2. The predicted molar refractivity (Wildman–Crippen MR) is 130 cm³/mol. The topological polar surface area (TPSA) is 80.5 Å². The van der Waals surface area contributed by atoms with Crippen LogP contribution in [0.25, 0.3) is 10.9 Å². The second kappa shape index (κ2) is 9.47. The number of nitrogens with one attached hydrogen (secondary N) is 3. The number of likely N-dealkylation sites (N-methyl/N-ethyl adjacent to an activating group) is 1. The number of para-hydroxylation sites is 1. The van der Waals surface area contributed by atoms with Crippen molar-refractivity contribution in [2.45, 2.75) is 69.6 Å². The molecular formula is C26H37N5O2. The maximum atomic E-state index is 13.6. The minimum atomic E-state index is -0.390. The van der Waals surface area contributed by atoms with E-state index in [9.17, 15) is 9.59 Å². The first-order valence-electron chi connectivity index (χ1n) is 12.6. The summed E-state index contributed by atoms with van der Waals surface area (Å²) in [5, 5.41) is 7.31. The third-order valence-corrected chi connectivity index (χ3v) is 8.23. The Morgan fingerprint density at radius 3 is 2.94 bits per heavy atom. The maximum Gasteiger partial charge on any atom is 0.245 e. The Kier molecular flexibility index (Phi) is 6.43. The van der Waals surface area contributed by atoms with Gasteiger partial charge in [0, 0.05) is 42.3 Å². The number of aromatic nitrogens is 1. The second-order valence-electron chi connectivity index (χ2n) is 10.2. The highest BCUT2D eigenvalue weighted by Crippen LogP contribution is 2.40. The van der Waals surface area contributed by atoms with Crippen molar-refractivity contribution in [3.05, 3.63) is 36.0 Å². The zero-order valence-corrected chi connectivity index (χ0v) is 19.8. The molecule has 3 aliphatic rings. The van der Waals surface area contributed by atoms with Crippen LogP contribution in [0.5, 0.6) is 0 Å². The maximum absolute atomic E-state index is 13.6. The molecule has 2 aromatic rings. The summed E-state index contributed by atoms with van der Waals surface area (Å²) < 4.78 is 0. The molecule has 33 heavy (non-hydrogen) atoms. The van der Waals surface area contributed by atoms with Crippen LogP contribution in [-0.2, 0) is 16.0 Å². The lowest BCUT2D eigenvalue weighted by Crippen LogP contribution is -2.57. The van der Waals surface area contributed by atoms with Crippen molar-refractivity contribution in [3.8, 4) is 0 Å². The van der Waals surface area contributed by atoms with Crippen molar-refractivity contribution in [3.63, 3.8) is 0 Å². The van der Waals surface area contributed by atoms with Gasteiger partial charge in [0.25, 0.3) is 0 Å². The Balaban J connectivity index is 1.25. The SMILES string of the molecule is CN[C@@H](C)C(=O)N[C@H]1CCC[C@H]2C[C@H]3CCN(CCc4c[nH]c5ccccc45)C[C@H]3N2C1=O. The molecule has 0 unspecified atom stereocenters. The van der Waals surface area contributed by atoms with Gasteiger partial charge in [0.05, 0.1) is 6.04 Å². The summed E-state index contributed by atoms with van der Waals surface area (Å²) in [4.78, 5) is 34.2. The summed E-state index contributed by atoms with van der Waals surface area (Å²) in [5.74, 6) is 0.642. The summed E-state index contributed by atoms with van der Waals surface area (Å²) in [6.07, 6.45) is 8.24. The summed E-state index contributed by atoms with van der Waals surface area (Å²) in [7, 11) is 1.77. The number of hydrogen-bond acceptors (Lipinski definition) is 4. The van der Waals surface area contributed by atoms with Crippen molar-refractivity contribution in [1.82, 2.24) is 25.4 Å². The Bertz CT molecular complexity index is 1000. The van der Waals surface area contributed by atoms with Gasteiger partial charge in [-0.25, -0.2) is 0 Å². The van der Waals surface area contributed by atoms with E-state index in [-0.39, 0.29) is 23.9 Å². The summed E-state index contributed by atoms with van der Waals surface area (Å²) in [6.45, 7) is 4.90. The van der Waals surface area contributed by atoms with Gasteiger partial charge in [0.1, 0.15) is 6.04 Å². The first kappa shape index (κ1) is 22.4. The van der Waals surface area contributed by atoms with Crippen LogP contribution < -0.4 is 10.6 Å². The number of piperidine rings is 1. The van der Waals surface area contributed by atoms with E-state index in [1.807, 2.05) is 6.92 Å². The van der Waals surface area contributed by atoms with E-state index in [1.54, 1.807) is 7.05 Å². The first-order valence-corrected chi connectivity index (χ1v) is 12.6. The highest BCUT2D eigenvalue weighted by molar-refractivity contribution is 5.90. The summed E-state index contributed by atoms with van der Waals surface area (Å²) in [5.41, 5.74) is 2.56. The van der Waals surface area contributed by atoms with Gasteiger partial charge in [-0.15, -0.1) is 0 Å². The largest absolute Gasteiger partial charge is 0.361 e. The molecule has 3 saturated heterocycles. The number of carbonyl (C=O) groups is 2. The molecule has 7 heteroatoms. The average Bonchev–Trinajstić information content (AvgIpc) is 3.37. The number of amides is 2. The molecule has 0 spiro atoms. The Morgan fingerprint density at radius 2 is 2.09 bits per heavy atom. The molecule has 0 saturated carbocycles. The number of nitrogens with zero attached hydrogens (tertiary/aromatic N) is 2. The molecule has 5 atom stereocenters. The average molecular weight is 452 g/mol. The van der Waals surface area contributed by atoms with Crippen LogP contribution in [0.1, 0.15) is 44.6 Å². The minimum absolute atomic E-state index is 0.0888. The molecule has 1 aromatic heterocycles. The van der Waals surface area contributed by atoms with Gasteiger partial charge in [-0.3, -0.25) is 9.59 Å². The number of hydrogen-bond donors (Lipinski definition) is 3. The van der Waals surface area contributed by atoms with E-state index in [4.69, 9.17) is 0 Å². The number of aromatic amines is 1. The zero-order valence-electron chi connectivity index (χ0n) is 19.8. The third-order valence-electron chi connectivity index (χ3n) is 8.23. The fourth-order valence-corrected chi connectivity index (χ4v) is 6.21. The summed E-state index contributed by atoms with van der Waals surface area (Å²) in [6, 6.07) is 8.41. The van der Waals surface area contributed by atoms with E-state index in [1.165, 1.54) is 16.5 Å². The predicted octanol–water partition coefficient (Wildman–Crippen LogP) is 2.28. The van der Waals surface area contributed by atoms with Crippen LogP contribution in [-0.4, -0.2) is 77.4 Å². The molecule has 3 fully saturated rings. The van der Waals surface area contributed by atoms with Gasteiger partial charge in [-0.2, -0.15) is 0 Å². The van der Waals surface area contributed by atoms with Crippen molar-refractivity contribution >= 4 is 22.7 Å². The Morgan fingerprint density at radius 1 is 1.24 bits per heavy atom. The van der Waals surface area contributed by atoms with Crippen LogP contribution in [0.2, 0.25) is 0 Å². The lowest BCUT2D eigenvalue weighted by molar-refractivity contribution is -0.139. The minimum Gasteiger partial charge on any atom is -0.361 e. The fraction of sp³-hybridized carbons (Fsp3) is 0.615. The van der Waals surface area contributed by atoms with Crippen LogP contribution >= 0.6 is 0 Å². The van der Waals surface area contributed by atoms with Crippen molar-refractivity contribution in [2.24, 2.45) is 5.92 Å². The molecule has 0 radical (unpaired) electrons. The molecule has 5 rings (SSSR count). The van der Waals surface area contributed by atoms with Gasteiger partial charge in [0.15, 0.2) is 0 Å². The fourth-order valence-electron chi connectivity index (χ4n) is 6.21. The standard InChI is InChI=1S/C26H37N5O2/c1-17(27-2)25(32)29-23-9-5-6-20-14-18-10-12-30(16-24(18)31(20)26(23)33)13-11-19-15-28-22-8-4-3-7-21(19)22/h3-4,7-8,15,17-18,20,23-24,27-28H,5-6,9-14,16H2,1-2H3,(H,29,32)/t17-,18+,20-,23-,24+/m0/s1. The lowest BCUT2D eigenvalue weighted by atomic mass is 9.90. The number of likely N-dealkylation sites (tertiary alicyclic amines) is 1. The van der Waals surface area contributed by atoms with E-state index in [0.717, 1.165) is 58.2 Å². The van der Waals surface area contributed by atoms with E-state index < -0.39 is 6.04 Å². The summed E-state index contributed by atoms with van der Waals surface area (Å²) >= 11 is 0. The molecule has 178 valence electrons. The molecule has 0 bridgehead atoms. The highest BCUT2D eigenvalue weighted by atomic mass is 16.2. The second-order valence-corrected chi connectivity index (χ2v) is 10.2. The molecule has 3 aliphatic heterocycles. The smallest absolute Gasteiger partial charge is 0.245 e. The molecule has 4 heterocycles. The van der Waals surface area contributed by atoms with Crippen LogP contribution in [0, 0.1) is 5.92 Å². The molecule has 7 nitrogen and oxygen atoms in total. The molecule has 2 amide bonds. The zero-order chi connectivity index (χ0) is 22.9. The van der Waals surface area contributed by atoms with Crippen molar-refractivity contribution in [2.75, 3.05) is 26.7 Å². The van der Waals surface area contributed by atoms with Gasteiger partial charge in [0.2, 0.25) is 11.8 Å². The highest BCUT2D eigenvalue weighted by Gasteiger charge is 2.48. The third kappa shape index (κ3) is 4.41. The lowest BCUT2D eigenvalue weighted by Gasteiger charge is -2.40. The number of H-pyrrole nitrogens is 1.